The first-order chi connectivity index (χ1) is 9.42. The van der Waals surface area contributed by atoms with Crippen molar-refractivity contribution in [1.29, 1.82) is 0 Å². The van der Waals surface area contributed by atoms with Crippen LogP contribution in [0.5, 0.6) is 0 Å². The second kappa shape index (κ2) is 6.21. The highest BCUT2D eigenvalue weighted by Crippen LogP contribution is 2.27. The van der Waals surface area contributed by atoms with Gasteiger partial charge in [0.25, 0.3) is 0 Å². The molecule has 2 rings (SSSR count). The number of aryl methyl sites for hydroxylation is 1. The van der Waals surface area contributed by atoms with Gasteiger partial charge in [-0.3, -0.25) is 0 Å². The number of hydrogen-bond acceptors (Lipinski definition) is 5. The molecule has 0 spiro atoms. The van der Waals surface area contributed by atoms with Gasteiger partial charge >= 0.3 is 5.97 Å². The van der Waals surface area contributed by atoms with Crippen LogP contribution in [0.1, 0.15) is 28.1 Å². The van der Waals surface area contributed by atoms with E-state index in [2.05, 4.69) is 4.72 Å². The predicted molar refractivity (Wildman–Crippen MR) is 74.7 cm³/mol. The fourth-order valence-corrected chi connectivity index (χ4v) is 4.93. The number of thiophene rings is 1. The van der Waals surface area contributed by atoms with Gasteiger partial charge < -0.3 is 9.84 Å². The molecule has 0 amide bonds. The molecule has 6 nitrogen and oxygen atoms in total. The SMILES string of the molecule is Cc1csc(C(=O)O)c1S(=O)(=O)NCC1CCCOC1. The molecular formula is C12H17NO5S2. The molecule has 1 atom stereocenters. The van der Waals surface area contributed by atoms with E-state index in [1.165, 1.54) is 0 Å². The van der Waals surface area contributed by atoms with Crippen LogP contribution < -0.4 is 4.72 Å². The number of aromatic carboxylic acids is 1. The third kappa shape index (κ3) is 3.38. The van der Waals surface area contributed by atoms with E-state index in [0.717, 1.165) is 30.8 Å². The number of rotatable bonds is 5. The highest BCUT2D eigenvalue weighted by Gasteiger charge is 2.27. The molecule has 1 aromatic heterocycles. The van der Waals surface area contributed by atoms with Crippen LogP contribution >= 0.6 is 11.3 Å². The van der Waals surface area contributed by atoms with Crippen molar-refractivity contribution in [2.45, 2.75) is 24.7 Å². The van der Waals surface area contributed by atoms with E-state index < -0.39 is 16.0 Å². The van der Waals surface area contributed by atoms with Crippen molar-refractivity contribution in [2.24, 2.45) is 5.92 Å². The third-order valence-corrected chi connectivity index (χ3v) is 6.02. The number of ether oxygens (including phenoxy) is 1. The van der Waals surface area contributed by atoms with E-state index >= 15 is 0 Å². The molecule has 8 heteroatoms. The molecule has 2 heterocycles. The van der Waals surface area contributed by atoms with Crippen molar-refractivity contribution in [3.05, 3.63) is 15.8 Å². The fraction of sp³-hybridized carbons (Fsp3) is 0.583. The highest BCUT2D eigenvalue weighted by atomic mass is 32.2. The van der Waals surface area contributed by atoms with Gasteiger partial charge in [-0.05, 0) is 36.6 Å². The fourth-order valence-electron chi connectivity index (χ4n) is 2.18. The first-order valence-corrected chi connectivity index (χ1v) is 8.67. The van der Waals surface area contributed by atoms with E-state index in [1.807, 2.05) is 0 Å². The van der Waals surface area contributed by atoms with Crippen LogP contribution in [0, 0.1) is 12.8 Å². The molecule has 0 radical (unpaired) electrons. The van der Waals surface area contributed by atoms with Crippen molar-refractivity contribution in [1.82, 2.24) is 4.72 Å². The maximum atomic E-state index is 12.3. The zero-order valence-electron chi connectivity index (χ0n) is 11.1. The molecule has 20 heavy (non-hydrogen) atoms. The Morgan fingerprint density at radius 1 is 1.60 bits per heavy atom. The Kier molecular flexibility index (Phi) is 4.79. The molecule has 1 aliphatic rings. The summed E-state index contributed by atoms with van der Waals surface area (Å²) in [6.07, 6.45) is 1.83. The predicted octanol–water partition coefficient (Wildman–Crippen LogP) is 1.46. The quantitative estimate of drug-likeness (QED) is 0.857. The lowest BCUT2D eigenvalue weighted by atomic mass is 10.0. The molecule has 2 N–H and O–H groups in total. The number of carboxylic acid groups (broad SMARTS) is 1. The number of carbonyl (C=O) groups is 1. The Hall–Kier alpha value is -0.960. The first kappa shape index (κ1) is 15.4. The average molecular weight is 319 g/mol. The van der Waals surface area contributed by atoms with Gasteiger partial charge in [-0.15, -0.1) is 11.3 Å². The minimum atomic E-state index is -3.80. The minimum absolute atomic E-state index is 0.119. The second-order valence-corrected chi connectivity index (χ2v) is 7.40. The van der Waals surface area contributed by atoms with E-state index in [9.17, 15) is 13.2 Å². The summed E-state index contributed by atoms with van der Waals surface area (Å²) < 4.78 is 32.3. The highest BCUT2D eigenvalue weighted by molar-refractivity contribution is 7.89. The summed E-state index contributed by atoms with van der Waals surface area (Å²) in [5, 5.41) is 10.6. The third-order valence-electron chi connectivity index (χ3n) is 3.20. The lowest BCUT2D eigenvalue weighted by Crippen LogP contribution is -2.33. The van der Waals surface area contributed by atoms with Crippen molar-refractivity contribution in [3.8, 4) is 0 Å². The summed E-state index contributed by atoms with van der Waals surface area (Å²) in [5.74, 6) is -1.07. The Morgan fingerprint density at radius 2 is 2.35 bits per heavy atom. The van der Waals surface area contributed by atoms with Gasteiger partial charge in [0.2, 0.25) is 10.0 Å². The summed E-state index contributed by atoms with van der Waals surface area (Å²) in [4.78, 5) is 10.8. The molecule has 1 aromatic rings. The number of hydrogen-bond donors (Lipinski definition) is 2. The normalized spacial score (nSPS) is 19.9. The van der Waals surface area contributed by atoms with Crippen LogP contribution in [0.3, 0.4) is 0 Å². The molecule has 0 saturated carbocycles. The van der Waals surface area contributed by atoms with Crippen LogP contribution in [0.2, 0.25) is 0 Å². The summed E-state index contributed by atoms with van der Waals surface area (Å²) in [5.41, 5.74) is 0.458. The summed E-state index contributed by atoms with van der Waals surface area (Å²) in [6, 6.07) is 0. The molecule has 112 valence electrons. The van der Waals surface area contributed by atoms with E-state index in [-0.39, 0.29) is 22.2 Å². The van der Waals surface area contributed by atoms with E-state index in [1.54, 1.807) is 12.3 Å². The summed E-state index contributed by atoms with van der Waals surface area (Å²) in [7, 11) is -3.80. The summed E-state index contributed by atoms with van der Waals surface area (Å²) >= 11 is 0.929. The monoisotopic (exact) mass is 319 g/mol. The minimum Gasteiger partial charge on any atom is -0.477 e. The first-order valence-electron chi connectivity index (χ1n) is 6.30. The molecule has 1 aliphatic heterocycles. The maximum absolute atomic E-state index is 12.3. The molecular weight excluding hydrogens is 302 g/mol. The molecule has 1 saturated heterocycles. The van der Waals surface area contributed by atoms with Crippen LogP contribution in [0.15, 0.2) is 10.3 Å². The Labute approximate surface area is 121 Å². The molecule has 1 fully saturated rings. The number of carboxylic acids is 1. The second-order valence-electron chi connectivity index (χ2n) is 4.82. The van der Waals surface area contributed by atoms with Gasteiger partial charge in [0.15, 0.2) is 0 Å². The number of sulfonamides is 1. The zero-order valence-corrected chi connectivity index (χ0v) is 12.7. The van der Waals surface area contributed by atoms with E-state index in [0.29, 0.717) is 12.2 Å². The molecule has 0 bridgehead atoms. The number of nitrogens with one attached hydrogen (secondary N) is 1. The van der Waals surface area contributed by atoms with Crippen LogP contribution in [0.25, 0.3) is 0 Å². The largest absolute Gasteiger partial charge is 0.477 e. The maximum Gasteiger partial charge on any atom is 0.347 e. The standard InChI is InChI=1S/C12H17NO5S2/c1-8-7-19-10(12(14)15)11(8)20(16,17)13-5-9-3-2-4-18-6-9/h7,9,13H,2-6H2,1H3,(H,14,15). The van der Waals surface area contributed by atoms with E-state index in [4.69, 9.17) is 9.84 Å². The molecule has 1 unspecified atom stereocenters. The van der Waals surface area contributed by atoms with Crippen LogP contribution in [-0.4, -0.2) is 39.3 Å². The Bertz CT molecular complexity index is 587. The van der Waals surface area contributed by atoms with Gasteiger partial charge in [-0.25, -0.2) is 17.9 Å². The van der Waals surface area contributed by atoms with Crippen molar-refractivity contribution in [3.63, 3.8) is 0 Å². The van der Waals surface area contributed by atoms with Crippen molar-refractivity contribution >= 4 is 27.3 Å². The van der Waals surface area contributed by atoms with Crippen LogP contribution in [0.4, 0.5) is 0 Å². The zero-order chi connectivity index (χ0) is 14.8. The Balaban J connectivity index is 2.14. The lowest BCUT2D eigenvalue weighted by Gasteiger charge is -2.22. The Morgan fingerprint density at radius 3 is 2.95 bits per heavy atom. The van der Waals surface area contributed by atoms with Gasteiger partial charge in [-0.2, -0.15) is 0 Å². The van der Waals surface area contributed by atoms with Crippen molar-refractivity contribution < 1.29 is 23.1 Å². The van der Waals surface area contributed by atoms with Gasteiger partial charge in [0.1, 0.15) is 9.77 Å². The van der Waals surface area contributed by atoms with Crippen LogP contribution in [-0.2, 0) is 14.8 Å². The van der Waals surface area contributed by atoms with Gasteiger partial charge in [-0.1, -0.05) is 0 Å². The average Bonchev–Trinajstić information content (AvgIpc) is 2.81. The topological polar surface area (TPSA) is 92.7 Å². The smallest absolute Gasteiger partial charge is 0.347 e. The molecule has 0 aromatic carbocycles. The van der Waals surface area contributed by atoms with Crippen molar-refractivity contribution in [2.75, 3.05) is 19.8 Å². The molecule has 0 aliphatic carbocycles. The lowest BCUT2D eigenvalue weighted by molar-refractivity contribution is 0.0567. The van der Waals surface area contributed by atoms with Gasteiger partial charge in [0, 0.05) is 13.2 Å². The summed E-state index contributed by atoms with van der Waals surface area (Å²) in [6.45, 7) is 3.13. The van der Waals surface area contributed by atoms with Gasteiger partial charge in [0.05, 0.1) is 6.61 Å².